The molecule has 1 atom stereocenters. The number of dihydropyridines is 1. The number of unbranched alkanes of at least 4 members (excludes halogenated alkanes) is 4. The van der Waals surface area contributed by atoms with Gasteiger partial charge in [-0.15, -0.1) is 0 Å². The van der Waals surface area contributed by atoms with Crippen molar-refractivity contribution in [3.05, 3.63) is 59.8 Å². The second kappa shape index (κ2) is 14.3. The number of allylic oxidation sites excluding steroid dienone is 2. The monoisotopic (exact) mass is 402 g/mol. The van der Waals surface area contributed by atoms with Gasteiger partial charge in [-0.05, 0) is 50.3 Å². The van der Waals surface area contributed by atoms with Gasteiger partial charge in [0.05, 0.1) is 18.8 Å². The van der Waals surface area contributed by atoms with Crippen LogP contribution in [0.4, 0.5) is 0 Å². The number of aryl methyl sites for hydroxylation is 1. The van der Waals surface area contributed by atoms with Gasteiger partial charge < -0.3 is 25.6 Å². The second-order valence-electron chi connectivity index (χ2n) is 7.79. The zero-order chi connectivity index (χ0) is 20.6. The van der Waals surface area contributed by atoms with Gasteiger partial charge in [-0.1, -0.05) is 55.3 Å². The van der Waals surface area contributed by atoms with E-state index in [2.05, 4.69) is 41.0 Å². The van der Waals surface area contributed by atoms with Crippen LogP contribution in [0.3, 0.4) is 0 Å². The Labute approximate surface area is 175 Å². The number of hydrogen-bond donors (Lipinski definition) is 4. The highest BCUT2D eigenvalue weighted by molar-refractivity contribution is 5.26. The number of aliphatic hydroxyl groups excluding tert-OH is 2. The number of rotatable bonds is 16. The first-order valence-electron chi connectivity index (χ1n) is 11.0. The molecule has 0 radical (unpaired) electrons. The number of ether oxygens (including phenoxy) is 1. The third-order valence-electron chi connectivity index (χ3n) is 5.25. The zero-order valence-electron chi connectivity index (χ0n) is 17.6. The van der Waals surface area contributed by atoms with Crippen molar-refractivity contribution in [2.24, 2.45) is 0 Å². The Kier molecular flexibility index (Phi) is 11.7. The average molecular weight is 403 g/mol. The lowest BCUT2D eigenvalue weighted by Gasteiger charge is -2.34. The van der Waals surface area contributed by atoms with Crippen LogP contribution in [0.2, 0.25) is 0 Å². The molecular weight excluding hydrogens is 364 g/mol. The minimum atomic E-state index is -0.513. The van der Waals surface area contributed by atoms with Crippen LogP contribution in [-0.4, -0.2) is 55.3 Å². The molecule has 0 spiro atoms. The van der Waals surface area contributed by atoms with Gasteiger partial charge in [-0.3, -0.25) is 0 Å². The lowest BCUT2D eigenvalue weighted by molar-refractivity contribution is 0.126. The molecule has 0 saturated heterocycles. The van der Waals surface area contributed by atoms with Crippen LogP contribution in [0.25, 0.3) is 0 Å². The largest absolute Gasteiger partial charge is 0.394 e. The second-order valence-corrected chi connectivity index (χ2v) is 7.79. The van der Waals surface area contributed by atoms with Crippen molar-refractivity contribution in [2.45, 2.75) is 50.5 Å². The first-order valence-corrected chi connectivity index (χ1v) is 11.0. The van der Waals surface area contributed by atoms with E-state index < -0.39 is 5.54 Å². The molecule has 0 saturated carbocycles. The van der Waals surface area contributed by atoms with E-state index in [4.69, 9.17) is 4.74 Å². The molecule has 0 aromatic heterocycles. The maximum atomic E-state index is 9.71. The normalized spacial score (nSPS) is 18.5. The van der Waals surface area contributed by atoms with Crippen molar-refractivity contribution in [1.82, 2.24) is 10.6 Å². The fourth-order valence-electron chi connectivity index (χ4n) is 3.49. The summed E-state index contributed by atoms with van der Waals surface area (Å²) >= 11 is 0. The number of benzene rings is 1. The SMILES string of the molecule is OCC1=CC=CC(CO)(CNCCCCCCOCCCCc2ccccc2)N1. The van der Waals surface area contributed by atoms with Crippen molar-refractivity contribution < 1.29 is 14.9 Å². The van der Waals surface area contributed by atoms with Gasteiger partial charge >= 0.3 is 0 Å². The molecule has 1 heterocycles. The van der Waals surface area contributed by atoms with Gasteiger partial charge in [0.15, 0.2) is 0 Å². The maximum Gasteiger partial charge on any atom is 0.0914 e. The molecule has 5 heteroatoms. The minimum Gasteiger partial charge on any atom is -0.394 e. The molecule has 0 aliphatic carbocycles. The summed E-state index contributed by atoms with van der Waals surface area (Å²) in [6.45, 7) is 3.25. The molecule has 162 valence electrons. The van der Waals surface area contributed by atoms with Gasteiger partial charge in [0.25, 0.3) is 0 Å². The van der Waals surface area contributed by atoms with Crippen LogP contribution in [0.5, 0.6) is 0 Å². The molecule has 1 aromatic rings. The van der Waals surface area contributed by atoms with E-state index in [1.807, 2.05) is 18.2 Å². The van der Waals surface area contributed by atoms with Crippen molar-refractivity contribution in [3.63, 3.8) is 0 Å². The van der Waals surface area contributed by atoms with Crippen LogP contribution in [0.1, 0.15) is 44.1 Å². The molecule has 2 rings (SSSR count). The van der Waals surface area contributed by atoms with E-state index >= 15 is 0 Å². The topological polar surface area (TPSA) is 73.8 Å². The van der Waals surface area contributed by atoms with Crippen LogP contribution in [0, 0.1) is 0 Å². The van der Waals surface area contributed by atoms with Crippen LogP contribution in [-0.2, 0) is 11.2 Å². The fraction of sp³-hybridized carbons (Fsp3) is 0.583. The van der Waals surface area contributed by atoms with Gasteiger partial charge in [0.1, 0.15) is 0 Å². The van der Waals surface area contributed by atoms with Gasteiger partial charge in [0.2, 0.25) is 0 Å². The molecule has 1 aromatic carbocycles. The number of hydrogen-bond acceptors (Lipinski definition) is 5. The Morgan fingerprint density at radius 2 is 1.69 bits per heavy atom. The smallest absolute Gasteiger partial charge is 0.0914 e. The highest BCUT2D eigenvalue weighted by Gasteiger charge is 2.27. The van der Waals surface area contributed by atoms with Gasteiger partial charge in [0, 0.05) is 25.5 Å². The van der Waals surface area contributed by atoms with Crippen molar-refractivity contribution in [2.75, 3.05) is 39.5 Å². The predicted octanol–water partition coefficient (Wildman–Crippen LogP) is 2.94. The van der Waals surface area contributed by atoms with Crippen LogP contribution in [0.15, 0.2) is 54.3 Å². The summed E-state index contributed by atoms with van der Waals surface area (Å²) in [6, 6.07) is 10.6. The standard InChI is InChI=1S/C24H38N2O3/c27-19-23-14-10-15-24(21-28,26-23)20-25-16-7-1-2-8-17-29-18-9-6-13-22-11-4-3-5-12-22/h3-5,10-12,14-15,25-28H,1-2,6-9,13,16-21H2. The summed E-state index contributed by atoms with van der Waals surface area (Å²) in [5, 5.41) is 25.6. The van der Waals surface area contributed by atoms with Crippen molar-refractivity contribution in [1.29, 1.82) is 0 Å². The molecule has 5 nitrogen and oxygen atoms in total. The lowest BCUT2D eigenvalue weighted by Crippen LogP contribution is -2.54. The number of aliphatic hydroxyl groups is 2. The quantitative estimate of drug-likeness (QED) is 0.320. The highest BCUT2D eigenvalue weighted by Crippen LogP contribution is 2.13. The van der Waals surface area contributed by atoms with Gasteiger partial charge in [-0.25, -0.2) is 0 Å². The molecule has 1 unspecified atom stereocenters. The third-order valence-corrected chi connectivity index (χ3v) is 5.25. The van der Waals surface area contributed by atoms with Crippen LogP contribution >= 0.6 is 0 Å². The van der Waals surface area contributed by atoms with Gasteiger partial charge in [-0.2, -0.15) is 0 Å². The summed E-state index contributed by atoms with van der Waals surface area (Å²) in [5.74, 6) is 0. The molecule has 0 fully saturated rings. The molecule has 1 aliphatic rings. The maximum absolute atomic E-state index is 9.71. The minimum absolute atomic E-state index is 0.00344. The molecule has 29 heavy (non-hydrogen) atoms. The molecule has 1 aliphatic heterocycles. The Bertz CT molecular complexity index is 603. The Balaban J connectivity index is 1.38. The van der Waals surface area contributed by atoms with E-state index in [1.54, 1.807) is 0 Å². The molecule has 0 amide bonds. The summed E-state index contributed by atoms with van der Waals surface area (Å²) < 4.78 is 5.74. The predicted molar refractivity (Wildman–Crippen MR) is 119 cm³/mol. The van der Waals surface area contributed by atoms with E-state index in [0.29, 0.717) is 6.54 Å². The third kappa shape index (κ3) is 9.59. The summed E-state index contributed by atoms with van der Waals surface area (Å²) in [5.41, 5.74) is 1.64. The summed E-state index contributed by atoms with van der Waals surface area (Å²) in [6.07, 6.45) is 13.7. The van der Waals surface area contributed by atoms with E-state index in [1.165, 1.54) is 24.8 Å². The lowest BCUT2D eigenvalue weighted by atomic mass is 9.96. The Morgan fingerprint density at radius 1 is 0.931 bits per heavy atom. The molecular formula is C24H38N2O3. The zero-order valence-corrected chi connectivity index (χ0v) is 17.6. The molecule has 4 N–H and O–H groups in total. The summed E-state index contributed by atoms with van der Waals surface area (Å²) in [4.78, 5) is 0. The average Bonchev–Trinajstić information content (AvgIpc) is 2.77. The highest BCUT2D eigenvalue weighted by atomic mass is 16.5. The van der Waals surface area contributed by atoms with Crippen LogP contribution < -0.4 is 10.6 Å². The van der Waals surface area contributed by atoms with E-state index in [0.717, 1.165) is 51.1 Å². The van der Waals surface area contributed by atoms with Crippen molar-refractivity contribution >= 4 is 0 Å². The Morgan fingerprint density at radius 3 is 2.45 bits per heavy atom. The molecule has 0 bridgehead atoms. The first-order chi connectivity index (χ1) is 14.3. The Hall–Kier alpha value is -1.66. The number of nitrogens with one attached hydrogen (secondary N) is 2. The van der Waals surface area contributed by atoms with Crippen molar-refractivity contribution in [3.8, 4) is 0 Å². The fourth-order valence-corrected chi connectivity index (χ4v) is 3.49. The van der Waals surface area contributed by atoms with E-state index in [-0.39, 0.29) is 13.2 Å². The van der Waals surface area contributed by atoms with E-state index in [9.17, 15) is 10.2 Å². The summed E-state index contributed by atoms with van der Waals surface area (Å²) in [7, 11) is 0. The first kappa shape index (κ1) is 23.6.